The van der Waals surface area contributed by atoms with Crippen molar-refractivity contribution in [1.82, 2.24) is 24.9 Å². The maximum absolute atomic E-state index is 14.7. The van der Waals surface area contributed by atoms with Crippen LogP contribution in [0.25, 0.3) is 5.65 Å². The highest BCUT2D eigenvalue weighted by Gasteiger charge is 2.67. The number of amides is 1. The summed E-state index contributed by atoms with van der Waals surface area (Å²) < 4.78 is 21.5. The largest absolute Gasteiger partial charge is 0.477 e. The molecule has 0 radical (unpaired) electrons. The standard InChI is InChI=1S/C28H35FN6O4/c1-15(32-26(38)39-27(2,3)4)7-8-20-17(11-16(29)12-30-20)23-22-19(28(22,5)6)14-34(23)21-9-10-35-24(33-21)18(13-31-35)25(36)37/h9-13,15,19,22-23H,7-8,14H2,1-6H3,(H,32,38)(H,36,37)/t15-,19?,22?,23?/m1/s1. The average Bonchev–Trinajstić information content (AvgIpc) is 3.20. The molecule has 2 N–H and O–H groups in total. The highest BCUT2D eigenvalue weighted by molar-refractivity contribution is 5.94. The van der Waals surface area contributed by atoms with E-state index >= 15 is 0 Å². The summed E-state index contributed by atoms with van der Waals surface area (Å²) in [5.41, 5.74) is 1.34. The Morgan fingerprint density at radius 3 is 2.74 bits per heavy atom. The van der Waals surface area contributed by atoms with Crippen LogP contribution < -0.4 is 10.2 Å². The van der Waals surface area contributed by atoms with E-state index in [9.17, 15) is 19.1 Å². The third-order valence-electron chi connectivity index (χ3n) is 7.95. The number of hydrogen-bond acceptors (Lipinski definition) is 7. The number of rotatable bonds is 7. The normalized spacial score (nSPS) is 22.4. The minimum Gasteiger partial charge on any atom is -0.477 e. The summed E-state index contributed by atoms with van der Waals surface area (Å²) in [6, 6.07) is 3.02. The second-order valence-electron chi connectivity index (χ2n) is 12.2. The van der Waals surface area contributed by atoms with E-state index in [0.29, 0.717) is 31.1 Å². The summed E-state index contributed by atoms with van der Waals surface area (Å²) in [5.74, 6) is -0.244. The van der Waals surface area contributed by atoms with E-state index in [1.807, 2.05) is 33.8 Å². The van der Waals surface area contributed by atoms with E-state index in [1.165, 1.54) is 16.9 Å². The van der Waals surface area contributed by atoms with Gasteiger partial charge >= 0.3 is 12.1 Å². The lowest BCUT2D eigenvalue weighted by atomic mass is 9.92. The van der Waals surface area contributed by atoms with Crippen molar-refractivity contribution >= 4 is 23.5 Å². The molecule has 3 unspecified atom stereocenters. The summed E-state index contributed by atoms with van der Waals surface area (Å²) in [5, 5.41) is 16.5. The number of aryl methyl sites for hydroxylation is 1. The number of carboxylic acids is 1. The molecule has 1 amide bonds. The number of aromatic nitrogens is 4. The molecule has 208 valence electrons. The Kier molecular flexibility index (Phi) is 6.51. The van der Waals surface area contributed by atoms with Crippen LogP contribution in [0.15, 0.2) is 30.7 Å². The molecule has 2 fully saturated rings. The van der Waals surface area contributed by atoms with Crippen molar-refractivity contribution in [3.05, 3.63) is 53.4 Å². The molecule has 1 aliphatic heterocycles. The Labute approximate surface area is 226 Å². The Balaban J connectivity index is 1.43. The third kappa shape index (κ3) is 5.14. The fraction of sp³-hybridized carbons (Fsp3) is 0.536. The number of pyridine rings is 1. The number of anilines is 1. The zero-order chi connectivity index (χ0) is 28.3. The molecule has 5 rings (SSSR count). The van der Waals surface area contributed by atoms with Gasteiger partial charge in [-0.05, 0) is 75.5 Å². The fourth-order valence-corrected chi connectivity index (χ4v) is 5.93. The Morgan fingerprint density at radius 2 is 2.05 bits per heavy atom. The summed E-state index contributed by atoms with van der Waals surface area (Å²) in [6.45, 7) is 12.5. The topological polar surface area (TPSA) is 122 Å². The van der Waals surface area contributed by atoms with E-state index in [2.05, 4.69) is 39.1 Å². The van der Waals surface area contributed by atoms with Gasteiger partial charge in [0.1, 0.15) is 22.8 Å². The minimum absolute atomic E-state index is 0.0256. The van der Waals surface area contributed by atoms with Gasteiger partial charge in [-0.25, -0.2) is 23.5 Å². The molecule has 4 atom stereocenters. The molecule has 39 heavy (non-hydrogen) atoms. The number of halogens is 1. The minimum atomic E-state index is -1.10. The molecule has 0 aromatic carbocycles. The Bertz CT molecular complexity index is 1430. The highest BCUT2D eigenvalue weighted by Crippen LogP contribution is 2.69. The van der Waals surface area contributed by atoms with E-state index in [1.54, 1.807) is 12.3 Å². The molecule has 3 aromatic heterocycles. The van der Waals surface area contributed by atoms with Crippen molar-refractivity contribution < 1.29 is 23.8 Å². The van der Waals surface area contributed by atoms with Crippen LogP contribution >= 0.6 is 0 Å². The van der Waals surface area contributed by atoms with Crippen LogP contribution in [-0.4, -0.2) is 54.9 Å². The maximum atomic E-state index is 14.7. The molecule has 1 aliphatic carbocycles. The molecule has 11 heteroatoms. The van der Waals surface area contributed by atoms with E-state index in [-0.39, 0.29) is 34.6 Å². The molecule has 1 saturated carbocycles. The van der Waals surface area contributed by atoms with Gasteiger partial charge in [-0.3, -0.25) is 4.98 Å². The molecule has 10 nitrogen and oxygen atoms in total. The van der Waals surface area contributed by atoms with Crippen molar-refractivity contribution in [2.45, 2.75) is 72.1 Å². The lowest BCUT2D eigenvalue weighted by molar-refractivity contribution is 0.0505. The van der Waals surface area contributed by atoms with E-state index in [0.717, 1.165) is 11.3 Å². The first-order valence-corrected chi connectivity index (χ1v) is 13.2. The Morgan fingerprint density at radius 1 is 1.31 bits per heavy atom. The molecular formula is C28H35FN6O4. The summed E-state index contributed by atoms with van der Waals surface area (Å²) in [6.07, 6.45) is 4.87. The number of alkyl carbamates (subject to hydrolysis) is 1. The quantitative estimate of drug-likeness (QED) is 0.446. The lowest BCUT2D eigenvalue weighted by Gasteiger charge is -2.33. The van der Waals surface area contributed by atoms with Crippen LogP contribution in [0.1, 0.15) is 75.6 Å². The molecule has 3 aromatic rings. The van der Waals surface area contributed by atoms with Gasteiger partial charge in [-0.15, -0.1) is 0 Å². The predicted octanol–water partition coefficient (Wildman–Crippen LogP) is 4.64. The van der Waals surface area contributed by atoms with Crippen molar-refractivity contribution in [3.8, 4) is 0 Å². The van der Waals surface area contributed by atoms with Crippen LogP contribution in [0, 0.1) is 23.1 Å². The summed E-state index contributed by atoms with van der Waals surface area (Å²) in [4.78, 5) is 35.2. The SMILES string of the molecule is C[C@H](CCc1ncc(F)cc1C1C2C(CN1c1ccn3ncc(C(=O)O)c3n1)C2(C)C)NC(=O)OC(C)(C)C. The van der Waals surface area contributed by atoms with Gasteiger partial charge in [0.15, 0.2) is 5.65 Å². The van der Waals surface area contributed by atoms with Crippen molar-refractivity contribution in [2.24, 2.45) is 17.3 Å². The second kappa shape index (κ2) is 9.46. The number of fused-ring (bicyclic) bond motifs is 2. The summed E-state index contributed by atoms with van der Waals surface area (Å²) >= 11 is 0. The molecule has 0 bridgehead atoms. The number of nitrogens with zero attached hydrogens (tertiary/aromatic N) is 5. The van der Waals surface area contributed by atoms with Crippen LogP contribution in [0.2, 0.25) is 0 Å². The van der Waals surface area contributed by atoms with Crippen LogP contribution in [0.4, 0.5) is 15.0 Å². The number of carboxylic acid groups (broad SMARTS) is 1. The van der Waals surface area contributed by atoms with Crippen LogP contribution in [0.3, 0.4) is 0 Å². The van der Waals surface area contributed by atoms with Gasteiger partial charge < -0.3 is 20.1 Å². The first kappa shape index (κ1) is 26.8. The van der Waals surface area contributed by atoms with Crippen LogP contribution in [-0.2, 0) is 11.2 Å². The molecular weight excluding hydrogens is 503 g/mol. The summed E-state index contributed by atoms with van der Waals surface area (Å²) in [7, 11) is 0. The molecule has 2 aliphatic rings. The van der Waals surface area contributed by atoms with Gasteiger partial charge in [-0.2, -0.15) is 5.10 Å². The fourth-order valence-electron chi connectivity index (χ4n) is 5.93. The van der Waals surface area contributed by atoms with E-state index in [4.69, 9.17) is 4.74 Å². The van der Waals surface area contributed by atoms with Gasteiger partial charge in [0, 0.05) is 24.5 Å². The highest BCUT2D eigenvalue weighted by atomic mass is 19.1. The van der Waals surface area contributed by atoms with Gasteiger partial charge in [0.05, 0.1) is 18.4 Å². The van der Waals surface area contributed by atoms with Crippen molar-refractivity contribution in [3.63, 3.8) is 0 Å². The number of hydrogen-bond donors (Lipinski definition) is 2. The molecule has 1 saturated heterocycles. The Hall–Kier alpha value is -3.76. The zero-order valence-corrected chi connectivity index (χ0v) is 23.1. The maximum Gasteiger partial charge on any atom is 0.407 e. The zero-order valence-electron chi connectivity index (χ0n) is 23.1. The number of ether oxygens (including phenoxy) is 1. The first-order valence-electron chi connectivity index (χ1n) is 13.2. The van der Waals surface area contributed by atoms with Crippen LogP contribution in [0.5, 0.6) is 0 Å². The van der Waals surface area contributed by atoms with Crippen molar-refractivity contribution in [1.29, 1.82) is 0 Å². The second-order valence-corrected chi connectivity index (χ2v) is 12.2. The molecule has 4 heterocycles. The van der Waals surface area contributed by atoms with Gasteiger partial charge in [-0.1, -0.05) is 13.8 Å². The number of aromatic carboxylic acids is 1. The number of nitrogens with one attached hydrogen (secondary N) is 1. The molecule has 0 spiro atoms. The monoisotopic (exact) mass is 538 g/mol. The van der Waals surface area contributed by atoms with Crippen molar-refractivity contribution in [2.75, 3.05) is 11.4 Å². The predicted molar refractivity (Wildman–Crippen MR) is 142 cm³/mol. The first-order chi connectivity index (χ1) is 18.3. The number of carbonyl (C=O) groups excluding carboxylic acids is 1. The smallest absolute Gasteiger partial charge is 0.407 e. The average molecular weight is 539 g/mol. The van der Waals surface area contributed by atoms with Gasteiger partial charge in [0.25, 0.3) is 0 Å². The third-order valence-corrected chi connectivity index (χ3v) is 7.95. The number of carbonyl (C=O) groups is 2. The lowest BCUT2D eigenvalue weighted by Crippen LogP contribution is -2.38. The van der Waals surface area contributed by atoms with E-state index < -0.39 is 23.5 Å². The van der Waals surface area contributed by atoms with Gasteiger partial charge in [0.2, 0.25) is 0 Å². The number of piperidine rings is 1.